The summed E-state index contributed by atoms with van der Waals surface area (Å²) in [6.07, 6.45) is 0. The Bertz CT molecular complexity index is 820. The predicted molar refractivity (Wildman–Crippen MR) is 78.4 cm³/mol. The summed E-state index contributed by atoms with van der Waals surface area (Å²) in [7, 11) is 0. The van der Waals surface area contributed by atoms with Crippen LogP contribution in [0.5, 0.6) is 11.6 Å². The molecule has 21 heavy (non-hydrogen) atoms. The third kappa shape index (κ3) is 2.47. The zero-order valence-corrected chi connectivity index (χ0v) is 11.3. The van der Waals surface area contributed by atoms with Gasteiger partial charge >= 0.3 is 5.69 Å². The van der Waals surface area contributed by atoms with E-state index >= 15 is 0 Å². The van der Waals surface area contributed by atoms with Gasteiger partial charge in [-0.05, 0) is 17.5 Å². The highest BCUT2D eigenvalue weighted by molar-refractivity contribution is 7.16. The highest BCUT2D eigenvalue weighted by Crippen LogP contribution is 2.35. The first-order valence-electron chi connectivity index (χ1n) is 5.82. The van der Waals surface area contributed by atoms with Crippen LogP contribution in [-0.2, 0) is 0 Å². The Hall–Kier alpha value is -2.78. The molecule has 0 aliphatic heterocycles. The van der Waals surface area contributed by atoms with Crippen LogP contribution in [0.15, 0.2) is 35.7 Å². The lowest BCUT2D eigenvalue weighted by Gasteiger charge is -2.07. The van der Waals surface area contributed by atoms with Gasteiger partial charge in [-0.2, -0.15) is 4.98 Å². The topological polar surface area (TPSA) is 116 Å². The number of benzene rings is 1. The number of ether oxygens (including phenoxy) is 1. The van der Waals surface area contributed by atoms with Crippen molar-refractivity contribution >= 4 is 33.2 Å². The number of nitrogens with one attached hydrogen (secondary N) is 1. The van der Waals surface area contributed by atoms with Gasteiger partial charge in [-0.25, -0.2) is 10.8 Å². The monoisotopic (exact) mass is 303 g/mol. The summed E-state index contributed by atoms with van der Waals surface area (Å²) in [5.41, 5.74) is 2.21. The molecule has 2 heterocycles. The molecule has 1 aromatic carbocycles. The number of nitrogen functional groups attached to an aromatic ring is 1. The van der Waals surface area contributed by atoms with E-state index in [-0.39, 0.29) is 23.3 Å². The number of para-hydroxylation sites is 2. The number of nitro groups is 1. The number of thiophene rings is 1. The van der Waals surface area contributed by atoms with Gasteiger partial charge < -0.3 is 4.74 Å². The fourth-order valence-electron chi connectivity index (χ4n) is 1.77. The second-order valence-corrected chi connectivity index (χ2v) is 4.86. The van der Waals surface area contributed by atoms with Gasteiger partial charge in [-0.15, -0.1) is 11.3 Å². The lowest BCUT2D eigenvalue weighted by molar-refractivity contribution is -0.385. The molecule has 3 rings (SSSR count). The number of fused-ring (bicyclic) bond motifs is 1. The average molecular weight is 303 g/mol. The van der Waals surface area contributed by atoms with E-state index in [0.717, 1.165) is 0 Å². The fraction of sp³-hybridized carbons (Fsp3) is 0. The molecule has 8 nitrogen and oxygen atoms in total. The quantitative estimate of drug-likeness (QED) is 0.432. The second-order valence-electron chi connectivity index (χ2n) is 3.96. The van der Waals surface area contributed by atoms with E-state index in [1.165, 1.54) is 23.5 Å². The molecule has 3 aromatic rings. The van der Waals surface area contributed by atoms with E-state index in [1.807, 2.05) is 5.38 Å². The third-order valence-corrected chi connectivity index (χ3v) is 3.49. The molecule has 2 aromatic heterocycles. The van der Waals surface area contributed by atoms with Crippen molar-refractivity contribution in [2.45, 2.75) is 0 Å². The first kappa shape index (κ1) is 13.2. The third-order valence-electron chi connectivity index (χ3n) is 2.69. The van der Waals surface area contributed by atoms with E-state index in [9.17, 15) is 10.1 Å². The number of hydrogen-bond acceptors (Lipinski definition) is 8. The molecule has 0 aliphatic rings. The Kier molecular flexibility index (Phi) is 3.34. The van der Waals surface area contributed by atoms with Crippen LogP contribution in [0.4, 0.5) is 11.6 Å². The Balaban J connectivity index is 2.10. The summed E-state index contributed by atoms with van der Waals surface area (Å²) in [5, 5.41) is 13.5. The average Bonchev–Trinajstić information content (AvgIpc) is 2.96. The number of hydrazine groups is 1. The number of nitro benzene ring substituents is 1. The summed E-state index contributed by atoms with van der Waals surface area (Å²) >= 11 is 1.39. The van der Waals surface area contributed by atoms with Crippen molar-refractivity contribution in [1.29, 1.82) is 0 Å². The maximum absolute atomic E-state index is 11.0. The number of nitrogens with zero attached hydrogens (tertiary/aromatic N) is 3. The van der Waals surface area contributed by atoms with Gasteiger partial charge in [-0.1, -0.05) is 12.1 Å². The number of nitrogens with two attached hydrogens (primary N) is 1. The molecule has 3 N–H and O–H groups in total. The number of rotatable bonds is 4. The Labute approximate surface area is 122 Å². The number of aromatic nitrogens is 2. The lowest BCUT2D eigenvalue weighted by Crippen LogP contribution is -2.10. The molecule has 0 aliphatic carbocycles. The van der Waals surface area contributed by atoms with Crippen molar-refractivity contribution in [3.8, 4) is 11.6 Å². The van der Waals surface area contributed by atoms with Crippen molar-refractivity contribution in [2.75, 3.05) is 5.43 Å². The molecule has 9 heteroatoms. The highest BCUT2D eigenvalue weighted by Gasteiger charge is 2.17. The smallest absolute Gasteiger partial charge is 0.311 e. The number of hydrogen-bond donors (Lipinski definition) is 2. The first-order chi connectivity index (χ1) is 10.2. The molecule has 0 radical (unpaired) electrons. The van der Waals surface area contributed by atoms with Crippen LogP contribution >= 0.6 is 11.3 Å². The van der Waals surface area contributed by atoms with Crippen molar-refractivity contribution in [3.63, 3.8) is 0 Å². The standard InChI is InChI=1S/C12H9N5O3S/c13-16-12-14-10(7-5-6-21-11(7)15-12)20-9-4-2-1-3-8(9)17(18)19/h1-6H,13H2,(H,14,15,16). The lowest BCUT2D eigenvalue weighted by atomic mass is 10.3. The van der Waals surface area contributed by atoms with E-state index in [1.54, 1.807) is 18.2 Å². The zero-order chi connectivity index (χ0) is 14.8. The van der Waals surface area contributed by atoms with Gasteiger partial charge in [0.2, 0.25) is 17.6 Å². The molecule has 0 spiro atoms. The van der Waals surface area contributed by atoms with Crippen molar-refractivity contribution < 1.29 is 9.66 Å². The van der Waals surface area contributed by atoms with Gasteiger partial charge in [-0.3, -0.25) is 15.5 Å². The van der Waals surface area contributed by atoms with E-state index in [0.29, 0.717) is 10.2 Å². The van der Waals surface area contributed by atoms with Crippen LogP contribution in [0.1, 0.15) is 0 Å². The van der Waals surface area contributed by atoms with Crippen molar-refractivity contribution in [1.82, 2.24) is 9.97 Å². The minimum Gasteiger partial charge on any atom is -0.431 e. The fourth-order valence-corrected chi connectivity index (χ4v) is 2.52. The first-order valence-corrected chi connectivity index (χ1v) is 6.70. The molecule has 0 saturated carbocycles. The molecule has 0 amide bonds. The van der Waals surface area contributed by atoms with Crippen LogP contribution in [0, 0.1) is 10.1 Å². The number of anilines is 1. The van der Waals surface area contributed by atoms with Crippen LogP contribution in [0.2, 0.25) is 0 Å². The van der Waals surface area contributed by atoms with Crippen molar-refractivity contribution in [2.24, 2.45) is 5.84 Å². The van der Waals surface area contributed by atoms with Gasteiger partial charge in [0.15, 0.2) is 0 Å². The molecule has 0 unspecified atom stereocenters. The van der Waals surface area contributed by atoms with Gasteiger partial charge in [0.25, 0.3) is 0 Å². The maximum Gasteiger partial charge on any atom is 0.311 e. The van der Waals surface area contributed by atoms with Crippen LogP contribution < -0.4 is 16.0 Å². The molecule has 0 bridgehead atoms. The minimum absolute atomic E-state index is 0.108. The van der Waals surface area contributed by atoms with Crippen LogP contribution in [-0.4, -0.2) is 14.9 Å². The molecular weight excluding hydrogens is 294 g/mol. The molecule has 0 atom stereocenters. The van der Waals surface area contributed by atoms with E-state index < -0.39 is 4.92 Å². The van der Waals surface area contributed by atoms with Gasteiger partial charge in [0.05, 0.1) is 10.3 Å². The predicted octanol–water partition coefficient (Wildman–Crippen LogP) is 2.68. The van der Waals surface area contributed by atoms with E-state index in [2.05, 4.69) is 15.4 Å². The summed E-state index contributed by atoms with van der Waals surface area (Å²) < 4.78 is 5.60. The Morgan fingerprint density at radius 3 is 2.86 bits per heavy atom. The molecule has 0 saturated heterocycles. The second kappa shape index (κ2) is 5.31. The molecule has 0 fully saturated rings. The Morgan fingerprint density at radius 2 is 2.10 bits per heavy atom. The highest BCUT2D eigenvalue weighted by atomic mass is 32.1. The Morgan fingerprint density at radius 1 is 1.29 bits per heavy atom. The van der Waals surface area contributed by atoms with E-state index in [4.69, 9.17) is 10.6 Å². The van der Waals surface area contributed by atoms with Gasteiger partial charge in [0, 0.05) is 6.07 Å². The largest absolute Gasteiger partial charge is 0.431 e. The molecule has 106 valence electrons. The zero-order valence-electron chi connectivity index (χ0n) is 10.5. The summed E-state index contributed by atoms with van der Waals surface area (Å²) in [6, 6.07) is 7.87. The normalized spacial score (nSPS) is 10.5. The molecular formula is C12H9N5O3S. The van der Waals surface area contributed by atoms with Crippen LogP contribution in [0.3, 0.4) is 0 Å². The maximum atomic E-state index is 11.0. The summed E-state index contributed by atoms with van der Waals surface area (Å²) in [5.74, 6) is 5.81. The van der Waals surface area contributed by atoms with Crippen LogP contribution in [0.25, 0.3) is 10.2 Å². The summed E-state index contributed by atoms with van der Waals surface area (Å²) in [6.45, 7) is 0. The SMILES string of the molecule is NNc1nc(Oc2ccccc2[N+](=O)[O-])c2ccsc2n1. The van der Waals surface area contributed by atoms with Gasteiger partial charge in [0.1, 0.15) is 4.83 Å². The minimum atomic E-state index is -0.510. The summed E-state index contributed by atoms with van der Waals surface area (Å²) in [4.78, 5) is 19.4. The van der Waals surface area contributed by atoms with Crippen molar-refractivity contribution in [3.05, 3.63) is 45.8 Å².